The lowest BCUT2D eigenvalue weighted by molar-refractivity contribution is -0.117. The number of carbonyl (C=O) groups is 2. The summed E-state index contributed by atoms with van der Waals surface area (Å²) in [5.74, 6) is 0.0306. The van der Waals surface area contributed by atoms with E-state index in [1.54, 1.807) is 4.90 Å². The summed E-state index contributed by atoms with van der Waals surface area (Å²) in [7, 11) is 0. The number of aryl methyl sites for hydroxylation is 2. The predicted octanol–water partition coefficient (Wildman–Crippen LogP) is 4.33. The molecule has 0 aliphatic carbocycles. The second-order valence-corrected chi connectivity index (χ2v) is 8.58. The molecular formula is C23H24N4O2S. The van der Waals surface area contributed by atoms with Gasteiger partial charge in [-0.1, -0.05) is 59.4 Å². The highest BCUT2D eigenvalue weighted by atomic mass is 32.1. The van der Waals surface area contributed by atoms with Gasteiger partial charge in [-0.25, -0.2) is 0 Å². The van der Waals surface area contributed by atoms with Crippen molar-refractivity contribution in [2.75, 3.05) is 16.8 Å². The summed E-state index contributed by atoms with van der Waals surface area (Å²) in [6.45, 7) is 2.61. The van der Waals surface area contributed by atoms with Gasteiger partial charge in [0.1, 0.15) is 5.01 Å². The number of aromatic nitrogens is 2. The van der Waals surface area contributed by atoms with Crippen LogP contribution in [0.3, 0.4) is 0 Å². The molecule has 30 heavy (non-hydrogen) atoms. The predicted molar refractivity (Wildman–Crippen MR) is 119 cm³/mol. The van der Waals surface area contributed by atoms with Crippen LogP contribution in [-0.2, 0) is 16.0 Å². The van der Waals surface area contributed by atoms with Crippen LogP contribution in [0.4, 0.5) is 10.8 Å². The van der Waals surface area contributed by atoms with Gasteiger partial charge in [0, 0.05) is 31.0 Å². The second kappa shape index (κ2) is 9.17. The molecule has 0 radical (unpaired) electrons. The van der Waals surface area contributed by atoms with Crippen molar-refractivity contribution in [2.24, 2.45) is 0 Å². The maximum atomic E-state index is 12.5. The zero-order valence-corrected chi connectivity index (χ0v) is 17.7. The summed E-state index contributed by atoms with van der Waals surface area (Å²) < 4.78 is 0. The van der Waals surface area contributed by atoms with E-state index in [9.17, 15) is 9.59 Å². The van der Waals surface area contributed by atoms with Gasteiger partial charge in [0.05, 0.1) is 0 Å². The molecule has 7 heteroatoms. The van der Waals surface area contributed by atoms with Crippen molar-refractivity contribution in [1.82, 2.24) is 10.2 Å². The number of benzene rings is 2. The van der Waals surface area contributed by atoms with Crippen molar-refractivity contribution in [2.45, 2.75) is 38.5 Å². The Bertz CT molecular complexity index is 1020. The molecule has 3 aromatic rings. The molecule has 0 spiro atoms. The summed E-state index contributed by atoms with van der Waals surface area (Å²) in [5.41, 5.74) is 3.30. The van der Waals surface area contributed by atoms with E-state index in [4.69, 9.17) is 0 Å². The van der Waals surface area contributed by atoms with Crippen LogP contribution >= 0.6 is 11.3 Å². The van der Waals surface area contributed by atoms with Gasteiger partial charge in [0.2, 0.25) is 16.9 Å². The lowest BCUT2D eigenvalue weighted by atomic mass is 10.1. The Hall–Kier alpha value is -3.06. The molecule has 0 unspecified atom stereocenters. The molecule has 1 aliphatic rings. The summed E-state index contributed by atoms with van der Waals surface area (Å²) >= 11 is 1.36. The minimum atomic E-state index is -0.0580. The van der Waals surface area contributed by atoms with E-state index in [1.807, 2.05) is 49.4 Å². The van der Waals surface area contributed by atoms with Crippen LogP contribution in [0.25, 0.3) is 0 Å². The molecule has 154 valence electrons. The third-order valence-corrected chi connectivity index (χ3v) is 6.22. The molecule has 1 aromatic heterocycles. The zero-order chi connectivity index (χ0) is 20.9. The second-order valence-electron chi connectivity index (χ2n) is 7.57. The van der Waals surface area contributed by atoms with Gasteiger partial charge in [0.25, 0.3) is 0 Å². The lowest BCUT2D eigenvalue weighted by Gasteiger charge is -2.16. The van der Waals surface area contributed by atoms with Crippen LogP contribution in [0.1, 0.15) is 41.3 Å². The summed E-state index contributed by atoms with van der Waals surface area (Å²) in [6.07, 6.45) is 2.50. The first-order chi connectivity index (χ1) is 14.6. The average molecular weight is 421 g/mol. The van der Waals surface area contributed by atoms with Crippen molar-refractivity contribution < 1.29 is 9.59 Å². The van der Waals surface area contributed by atoms with E-state index in [1.165, 1.54) is 16.9 Å². The van der Waals surface area contributed by atoms with Gasteiger partial charge >= 0.3 is 0 Å². The summed E-state index contributed by atoms with van der Waals surface area (Å²) in [4.78, 5) is 26.5. The van der Waals surface area contributed by atoms with Crippen LogP contribution in [0.2, 0.25) is 0 Å². The SMILES string of the molecule is Cc1ccc(N2C[C@H](c3nnc(NC(=O)CCCc4ccccc4)s3)CC2=O)cc1. The largest absolute Gasteiger partial charge is 0.312 e. The highest BCUT2D eigenvalue weighted by Crippen LogP contribution is 2.34. The van der Waals surface area contributed by atoms with E-state index in [0.717, 1.165) is 29.1 Å². The van der Waals surface area contributed by atoms with Gasteiger partial charge in [0.15, 0.2) is 0 Å². The molecule has 2 amide bonds. The zero-order valence-electron chi connectivity index (χ0n) is 16.9. The monoisotopic (exact) mass is 420 g/mol. The molecule has 2 aromatic carbocycles. The topological polar surface area (TPSA) is 75.2 Å². The number of anilines is 2. The highest BCUT2D eigenvalue weighted by Gasteiger charge is 2.33. The van der Waals surface area contributed by atoms with Crippen LogP contribution in [0.15, 0.2) is 54.6 Å². The van der Waals surface area contributed by atoms with Crippen molar-refractivity contribution in [3.05, 3.63) is 70.7 Å². The molecule has 4 rings (SSSR count). The van der Waals surface area contributed by atoms with E-state index >= 15 is 0 Å². The first-order valence-corrected chi connectivity index (χ1v) is 10.9. The van der Waals surface area contributed by atoms with E-state index in [2.05, 4.69) is 27.6 Å². The van der Waals surface area contributed by atoms with Crippen LogP contribution in [0.5, 0.6) is 0 Å². The van der Waals surface area contributed by atoms with Gasteiger partial charge in [-0.3, -0.25) is 9.59 Å². The van der Waals surface area contributed by atoms with E-state index in [0.29, 0.717) is 24.5 Å². The van der Waals surface area contributed by atoms with E-state index in [-0.39, 0.29) is 17.7 Å². The Labute approximate surface area is 180 Å². The number of hydrogen-bond donors (Lipinski definition) is 1. The Morgan fingerprint density at radius 3 is 2.67 bits per heavy atom. The van der Waals surface area contributed by atoms with Gasteiger partial charge in [-0.15, -0.1) is 10.2 Å². The number of rotatable bonds is 7. The molecule has 0 bridgehead atoms. The van der Waals surface area contributed by atoms with Crippen LogP contribution in [0, 0.1) is 6.92 Å². The summed E-state index contributed by atoms with van der Waals surface area (Å²) in [6, 6.07) is 18.1. The molecule has 0 saturated carbocycles. The first kappa shape index (κ1) is 20.2. The number of hydrogen-bond acceptors (Lipinski definition) is 5. The molecule has 1 atom stereocenters. The average Bonchev–Trinajstić information content (AvgIpc) is 3.36. The maximum Gasteiger partial charge on any atom is 0.227 e. The summed E-state index contributed by atoms with van der Waals surface area (Å²) in [5, 5.41) is 12.5. The third kappa shape index (κ3) is 4.91. The molecule has 1 aliphatic heterocycles. The maximum absolute atomic E-state index is 12.5. The van der Waals surface area contributed by atoms with Gasteiger partial charge in [-0.2, -0.15) is 0 Å². The van der Waals surface area contributed by atoms with Crippen molar-refractivity contribution in [3.8, 4) is 0 Å². The lowest BCUT2D eigenvalue weighted by Crippen LogP contribution is -2.24. The highest BCUT2D eigenvalue weighted by molar-refractivity contribution is 7.15. The number of amides is 2. The standard InChI is InChI=1S/C23H24N4O2S/c1-16-10-12-19(13-11-16)27-15-18(14-21(27)29)22-25-26-23(30-22)24-20(28)9-5-8-17-6-3-2-4-7-17/h2-4,6-7,10-13,18H,5,8-9,14-15H2,1H3,(H,24,26,28)/t18-/m1/s1. The Morgan fingerprint density at radius 1 is 1.13 bits per heavy atom. The fraction of sp³-hybridized carbons (Fsp3) is 0.304. The van der Waals surface area contributed by atoms with Gasteiger partial charge in [-0.05, 0) is 37.5 Å². The molecular weight excluding hydrogens is 396 g/mol. The van der Waals surface area contributed by atoms with Crippen molar-refractivity contribution in [3.63, 3.8) is 0 Å². The minimum Gasteiger partial charge on any atom is -0.312 e. The smallest absolute Gasteiger partial charge is 0.227 e. The number of nitrogens with one attached hydrogen (secondary N) is 1. The quantitative estimate of drug-likeness (QED) is 0.617. The fourth-order valence-corrected chi connectivity index (χ4v) is 4.43. The normalized spacial score (nSPS) is 16.1. The van der Waals surface area contributed by atoms with Gasteiger partial charge < -0.3 is 10.2 Å². The third-order valence-electron chi connectivity index (χ3n) is 5.22. The minimum absolute atomic E-state index is 0.0000331. The van der Waals surface area contributed by atoms with Crippen molar-refractivity contribution in [1.29, 1.82) is 0 Å². The Morgan fingerprint density at radius 2 is 1.90 bits per heavy atom. The Kier molecular flexibility index (Phi) is 6.18. The van der Waals surface area contributed by atoms with Crippen LogP contribution < -0.4 is 10.2 Å². The van der Waals surface area contributed by atoms with Crippen molar-refractivity contribution >= 4 is 34.0 Å². The first-order valence-electron chi connectivity index (χ1n) is 10.1. The fourth-order valence-electron chi connectivity index (χ4n) is 3.58. The molecule has 6 nitrogen and oxygen atoms in total. The van der Waals surface area contributed by atoms with E-state index < -0.39 is 0 Å². The Balaban J connectivity index is 1.30. The number of nitrogens with zero attached hydrogens (tertiary/aromatic N) is 3. The molecule has 1 N–H and O–H groups in total. The molecule has 1 saturated heterocycles. The molecule has 2 heterocycles. The number of carbonyl (C=O) groups excluding carboxylic acids is 2. The molecule has 1 fully saturated rings. The van der Waals surface area contributed by atoms with Crippen LogP contribution in [-0.4, -0.2) is 28.6 Å².